The quantitative estimate of drug-likeness (QED) is 0.834. The van der Waals surface area contributed by atoms with Crippen LogP contribution in [0.2, 0.25) is 0 Å². The summed E-state index contributed by atoms with van der Waals surface area (Å²) < 4.78 is 0. The van der Waals surface area contributed by atoms with Crippen molar-refractivity contribution < 1.29 is 0 Å². The second kappa shape index (κ2) is 4.77. The maximum atomic E-state index is 5.66. The molecule has 0 aliphatic heterocycles. The molecule has 2 heterocycles. The van der Waals surface area contributed by atoms with E-state index in [9.17, 15) is 0 Å². The first-order valence-electron chi connectivity index (χ1n) is 5.03. The van der Waals surface area contributed by atoms with E-state index in [1.165, 1.54) is 0 Å². The van der Waals surface area contributed by atoms with Crippen molar-refractivity contribution in [3.63, 3.8) is 0 Å². The average molecular weight is 264 g/mol. The number of rotatable bonds is 3. The number of aromatic nitrogens is 2. The van der Waals surface area contributed by atoms with Gasteiger partial charge in [0.1, 0.15) is 10.8 Å². The van der Waals surface area contributed by atoms with Crippen molar-refractivity contribution in [3.8, 4) is 0 Å². The van der Waals surface area contributed by atoms with Gasteiger partial charge in [0.2, 0.25) is 0 Å². The van der Waals surface area contributed by atoms with Gasteiger partial charge in [-0.1, -0.05) is 12.2 Å². The summed E-state index contributed by atoms with van der Waals surface area (Å²) in [6.07, 6.45) is 1.81. The van der Waals surface area contributed by atoms with Crippen LogP contribution < -0.4 is 11.1 Å². The van der Waals surface area contributed by atoms with Crippen molar-refractivity contribution in [2.45, 2.75) is 13.8 Å². The molecule has 0 spiro atoms. The molecule has 6 heteroatoms. The first-order valence-corrected chi connectivity index (χ1v) is 6.25. The van der Waals surface area contributed by atoms with E-state index in [0.29, 0.717) is 10.8 Å². The fourth-order valence-corrected chi connectivity index (χ4v) is 2.19. The number of nitrogens with zero attached hydrogens (tertiary/aromatic N) is 2. The van der Waals surface area contributed by atoms with Crippen LogP contribution in [0.3, 0.4) is 0 Å². The van der Waals surface area contributed by atoms with Crippen LogP contribution in [-0.2, 0) is 0 Å². The number of pyridine rings is 1. The van der Waals surface area contributed by atoms with Gasteiger partial charge in [-0.25, -0.2) is 9.97 Å². The lowest BCUT2D eigenvalue weighted by Crippen LogP contribution is -2.13. The van der Waals surface area contributed by atoms with Crippen LogP contribution >= 0.6 is 23.6 Å². The van der Waals surface area contributed by atoms with E-state index in [1.807, 2.05) is 32.2 Å². The Hall–Kier alpha value is -1.53. The molecule has 0 amide bonds. The van der Waals surface area contributed by atoms with E-state index in [1.54, 1.807) is 11.3 Å². The van der Waals surface area contributed by atoms with Crippen molar-refractivity contribution >= 4 is 39.5 Å². The van der Waals surface area contributed by atoms with Crippen LogP contribution in [0.15, 0.2) is 18.3 Å². The van der Waals surface area contributed by atoms with Gasteiger partial charge in [-0.3, -0.25) is 0 Å². The van der Waals surface area contributed by atoms with Gasteiger partial charge in [-0.05, 0) is 26.0 Å². The minimum absolute atomic E-state index is 0.327. The summed E-state index contributed by atoms with van der Waals surface area (Å²) in [5.74, 6) is 0.659. The second-order valence-electron chi connectivity index (χ2n) is 3.61. The van der Waals surface area contributed by atoms with Gasteiger partial charge in [-0.2, -0.15) is 0 Å². The Morgan fingerprint density at radius 3 is 2.76 bits per heavy atom. The standard InChI is InChI=1S/C11H12N4S2/c1-6-3-4-8(9(12)16)10(14-6)15-11-13-5-7(2)17-11/h3-5H,1-2H3,(H2,12,16)(H,13,14,15). The Morgan fingerprint density at radius 2 is 2.18 bits per heavy atom. The molecule has 0 fully saturated rings. The van der Waals surface area contributed by atoms with E-state index in [0.717, 1.165) is 21.3 Å². The lowest BCUT2D eigenvalue weighted by Gasteiger charge is -2.08. The average Bonchev–Trinajstić information content (AvgIpc) is 2.63. The third kappa shape index (κ3) is 2.78. The predicted octanol–water partition coefficient (Wildman–Crippen LogP) is 2.53. The number of nitrogens with one attached hydrogen (secondary N) is 1. The molecule has 3 N–H and O–H groups in total. The van der Waals surface area contributed by atoms with Crippen molar-refractivity contribution in [2.24, 2.45) is 5.73 Å². The predicted molar refractivity (Wildman–Crippen MR) is 75.0 cm³/mol. The monoisotopic (exact) mass is 264 g/mol. The molecule has 0 aliphatic rings. The zero-order valence-electron chi connectivity index (χ0n) is 9.52. The first-order chi connectivity index (χ1) is 8.06. The molecule has 2 aromatic rings. The van der Waals surface area contributed by atoms with Crippen LogP contribution in [0.1, 0.15) is 16.1 Å². The molecule has 0 bridgehead atoms. The van der Waals surface area contributed by atoms with Gasteiger partial charge >= 0.3 is 0 Å². The summed E-state index contributed by atoms with van der Waals surface area (Å²) in [6, 6.07) is 3.75. The number of thiazole rings is 1. The fraction of sp³-hybridized carbons (Fsp3) is 0.182. The summed E-state index contributed by atoms with van der Waals surface area (Å²) in [5.41, 5.74) is 7.30. The smallest absolute Gasteiger partial charge is 0.188 e. The molecule has 88 valence electrons. The topological polar surface area (TPSA) is 63.8 Å². The fourth-order valence-electron chi connectivity index (χ4n) is 1.36. The maximum Gasteiger partial charge on any atom is 0.188 e. The van der Waals surface area contributed by atoms with Crippen LogP contribution in [-0.4, -0.2) is 15.0 Å². The van der Waals surface area contributed by atoms with Crippen molar-refractivity contribution in [3.05, 3.63) is 34.5 Å². The van der Waals surface area contributed by atoms with Crippen LogP contribution in [0.25, 0.3) is 0 Å². The van der Waals surface area contributed by atoms with E-state index in [4.69, 9.17) is 18.0 Å². The largest absolute Gasteiger partial charge is 0.389 e. The summed E-state index contributed by atoms with van der Waals surface area (Å²) >= 11 is 6.56. The molecule has 2 rings (SSSR count). The van der Waals surface area contributed by atoms with E-state index in [2.05, 4.69) is 15.3 Å². The highest BCUT2D eigenvalue weighted by Gasteiger charge is 2.09. The molecule has 2 aromatic heterocycles. The van der Waals surface area contributed by atoms with Crippen molar-refractivity contribution in [1.82, 2.24) is 9.97 Å². The molecular formula is C11H12N4S2. The van der Waals surface area contributed by atoms with Gasteiger partial charge in [0.25, 0.3) is 0 Å². The molecule has 0 radical (unpaired) electrons. The Labute approximate surface area is 109 Å². The molecule has 0 atom stereocenters. The van der Waals surface area contributed by atoms with Crippen molar-refractivity contribution in [1.29, 1.82) is 0 Å². The zero-order valence-corrected chi connectivity index (χ0v) is 11.2. The van der Waals surface area contributed by atoms with Crippen LogP contribution in [0.5, 0.6) is 0 Å². The molecule has 17 heavy (non-hydrogen) atoms. The molecule has 0 aliphatic carbocycles. The number of nitrogens with two attached hydrogens (primary N) is 1. The minimum atomic E-state index is 0.327. The summed E-state index contributed by atoms with van der Waals surface area (Å²) in [7, 11) is 0. The van der Waals surface area contributed by atoms with Crippen molar-refractivity contribution in [2.75, 3.05) is 5.32 Å². The normalized spacial score (nSPS) is 10.2. The van der Waals surface area contributed by atoms with Crippen LogP contribution in [0.4, 0.5) is 10.9 Å². The van der Waals surface area contributed by atoms with E-state index in [-0.39, 0.29) is 0 Å². The Balaban J connectivity index is 2.37. The molecule has 0 saturated heterocycles. The number of hydrogen-bond acceptors (Lipinski definition) is 5. The third-order valence-corrected chi connectivity index (χ3v) is 3.19. The third-order valence-electron chi connectivity index (χ3n) is 2.15. The minimum Gasteiger partial charge on any atom is -0.389 e. The maximum absolute atomic E-state index is 5.66. The number of anilines is 2. The van der Waals surface area contributed by atoms with Gasteiger partial charge in [-0.15, -0.1) is 11.3 Å². The SMILES string of the molecule is Cc1ccc(C(N)=S)c(Nc2ncc(C)s2)n1. The Morgan fingerprint density at radius 1 is 1.41 bits per heavy atom. The number of thiocarbonyl (C=S) groups is 1. The molecule has 0 aromatic carbocycles. The van der Waals surface area contributed by atoms with Gasteiger partial charge in [0.05, 0.1) is 5.56 Å². The van der Waals surface area contributed by atoms with Crippen LogP contribution in [0, 0.1) is 13.8 Å². The molecular weight excluding hydrogens is 252 g/mol. The summed E-state index contributed by atoms with van der Waals surface area (Å²) in [5, 5.41) is 3.93. The Bertz CT molecular complexity index is 562. The van der Waals surface area contributed by atoms with Gasteiger partial charge in [0.15, 0.2) is 5.13 Å². The zero-order chi connectivity index (χ0) is 12.4. The molecule has 0 unspecified atom stereocenters. The van der Waals surface area contributed by atoms with Gasteiger partial charge < -0.3 is 11.1 Å². The molecule has 4 nitrogen and oxygen atoms in total. The highest BCUT2D eigenvalue weighted by atomic mass is 32.1. The van der Waals surface area contributed by atoms with E-state index >= 15 is 0 Å². The number of aryl methyl sites for hydroxylation is 2. The highest BCUT2D eigenvalue weighted by molar-refractivity contribution is 7.80. The van der Waals surface area contributed by atoms with E-state index < -0.39 is 0 Å². The lowest BCUT2D eigenvalue weighted by atomic mass is 10.2. The second-order valence-corrected chi connectivity index (χ2v) is 5.29. The van der Waals surface area contributed by atoms with Gasteiger partial charge in [0, 0.05) is 16.8 Å². The summed E-state index contributed by atoms with van der Waals surface area (Å²) in [6.45, 7) is 3.92. The first kappa shape index (κ1) is 11.9. The number of hydrogen-bond donors (Lipinski definition) is 2. The Kier molecular flexibility index (Phi) is 3.35. The highest BCUT2D eigenvalue weighted by Crippen LogP contribution is 2.23. The lowest BCUT2D eigenvalue weighted by molar-refractivity contribution is 1.19. The summed E-state index contributed by atoms with van der Waals surface area (Å²) in [4.78, 5) is 10.1. The molecule has 0 saturated carbocycles.